The summed E-state index contributed by atoms with van der Waals surface area (Å²) >= 11 is 0. The molecule has 1 aromatic carbocycles. The largest absolute Gasteiger partial charge is 0.481 e. The first-order valence-corrected chi connectivity index (χ1v) is 5.35. The van der Waals surface area contributed by atoms with Crippen LogP contribution < -0.4 is 0 Å². The minimum absolute atomic E-state index is 0.204. The zero-order chi connectivity index (χ0) is 12.1. The fourth-order valence-corrected chi connectivity index (χ4v) is 2.59. The van der Waals surface area contributed by atoms with Crippen LogP contribution in [0.3, 0.4) is 0 Å². The lowest BCUT2D eigenvalue weighted by molar-refractivity contribution is -0.139. The van der Waals surface area contributed by atoms with Gasteiger partial charge in [0.05, 0.1) is 5.92 Å². The van der Waals surface area contributed by atoms with Gasteiger partial charge in [-0.25, -0.2) is 4.39 Å². The minimum Gasteiger partial charge on any atom is -0.481 e. The molecular weight excluding hydrogens is 207 g/mol. The Bertz CT molecular complexity index is 451. The van der Waals surface area contributed by atoms with Gasteiger partial charge in [0.2, 0.25) is 0 Å². The number of halogens is 1. The van der Waals surface area contributed by atoms with Crippen molar-refractivity contribution in [2.45, 2.75) is 26.7 Å². The Morgan fingerprint density at radius 2 is 2.06 bits per heavy atom. The van der Waals surface area contributed by atoms with Crippen molar-refractivity contribution in [1.82, 2.24) is 0 Å². The van der Waals surface area contributed by atoms with Crippen molar-refractivity contribution in [3.63, 3.8) is 0 Å². The fourth-order valence-electron chi connectivity index (χ4n) is 2.59. The van der Waals surface area contributed by atoms with E-state index in [4.69, 9.17) is 5.11 Å². The molecule has 0 amide bonds. The Morgan fingerprint density at radius 1 is 1.44 bits per heavy atom. The van der Waals surface area contributed by atoms with Crippen LogP contribution in [0.4, 0.5) is 4.39 Å². The van der Waals surface area contributed by atoms with Gasteiger partial charge in [0.15, 0.2) is 0 Å². The lowest BCUT2D eigenvalue weighted by Gasteiger charge is -2.06. The van der Waals surface area contributed by atoms with Gasteiger partial charge in [-0.15, -0.1) is 0 Å². The van der Waals surface area contributed by atoms with E-state index in [9.17, 15) is 9.18 Å². The van der Waals surface area contributed by atoms with Gasteiger partial charge in [0, 0.05) is 5.92 Å². The quantitative estimate of drug-likeness (QED) is 0.835. The SMILES string of the molecule is Cc1cccc(C2C(C(=O)O)C2(C)C)c1F. The van der Waals surface area contributed by atoms with Crippen molar-refractivity contribution in [3.05, 3.63) is 35.1 Å². The van der Waals surface area contributed by atoms with Gasteiger partial charge < -0.3 is 5.11 Å². The predicted molar refractivity (Wildman–Crippen MR) is 58.8 cm³/mol. The second-order valence-electron chi connectivity index (χ2n) is 5.09. The summed E-state index contributed by atoms with van der Waals surface area (Å²) in [7, 11) is 0. The molecule has 2 rings (SSSR count). The first kappa shape index (κ1) is 11.1. The van der Waals surface area contributed by atoms with Crippen LogP contribution >= 0.6 is 0 Å². The number of rotatable bonds is 2. The zero-order valence-electron chi connectivity index (χ0n) is 9.62. The maximum Gasteiger partial charge on any atom is 0.307 e. The van der Waals surface area contributed by atoms with Gasteiger partial charge in [-0.2, -0.15) is 0 Å². The summed E-state index contributed by atoms with van der Waals surface area (Å²) in [5.74, 6) is -1.77. The molecule has 1 aliphatic rings. The second kappa shape index (κ2) is 3.30. The Labute approximate surface area is 94.1 Å². The van der Waals surface area contributed by atoms with Crippen LogP contribution in [0.2, 0.25) is 0 Å². The van der Waals surface area contributed by atoms with E-state index in [-0.39, 0.29) is 17.2 Å². The third kappa shape index (κ3) is 1.42. The molecule has 86 valence electrons. The molecule has 0 heterocycles. The number of aliphatic carboxylic acids is 1. The van der Waals surface area contributed by atoms with Crippen LogP contribution in [0, 0.1) is 24.1 Å². The van der Waals surface area contributed by atoms with Gasteiger partial charge in [0.1, 0.15) is 5.82 Å². The van der Waals surface area contributed by atoms with Crippen molar-refractivity contribution in [3.8, 4) is 0 Å². The molecule has 0 radical (unpaired) electrons. The molecular formula is C13H15FO2. The molecule has 0 saturated heterocycles. The normalized spacial score (nSPS) is 26.5. The number of benzene rings is 1. The highest BCUT2D eigenvalue weighted by molar-refractivity contribution is 5.77. The van der Waals surface area contributed by atoms with Gasteiger partial charge in [-0.1, -0.05) is 32.0 Å². The first-order chi connectivity index (χ1) is 7.37. The van der Waals surface area contributed by atoms with Crippen molar-refractivity contribution in [2.75, 3.05) is 0 Å². The molecule has 1 aliphatic carbocycles. The molecule has 16 heavy (non-hydrogen) atoms. The average molecular weight is 222 g/mol. The van der Waals surface area contributed by atoms with Crippen molar-refractivity contribution in [1.29, 1.82) is 0 Å². The summed E-state index contributed by atoms with van der Waals surface area (Å²) in [6.07, 6.45) is 0. The van der Waals surface area contributed by atoms with E-state index in [0.717, 1.165) is 0 Å². The molecule has 0 aromatic heterocycles. The topological polar surface area (TPSA) is 37.3 Å². The number of hydrogen-bond acceptors (Lipinski definition) is 1. The second-order valence-corrected chi connectivity index (χ2v) is 5.09. The molecule has 1 fully saturated rings. The molecule has 0 spiro atoms. The third-order valence-corrected chi connectivity index (χ3v) is 3.65. The van der Waals surface area contributed by atoms with E-state index < -0.39 is 11.9 Å². The van der Waals surface area contributed by atoms with E-state index in [2.05, 4.69) is 0 Å². The molecule has 3 heteroatoms. The molecule has 2 atom stereocenters. The molecule has 0 aliphatic heterocycles. The third-order valence-electron chi connectivity index (χ3n) is 3.65. The monoisotopic (exact) mass is 222 g/mol. The van der Waals surface area contributed by atoms with E-state index in [1.807, 2.05) is 13.8 Å². The zero-order valence-corrected chi connectivity index (χ0v) is 9.62. The maximum absolute atomic E-state index is 13.9. The lowest BCUT2D eigenvalue weighted by Crippen LogP contribution is -2.03. The lowest BCUT2D eigenvalue weighted by atomic mass is 10.0. The smallest absolute Gasteiger partial charge is 0.307 e. The Kier molecular flexibility index (Phi) is 2.30. The van der Waals surface area contributed by atoms with Gasteiger partial charge in [-0.3, -0.25) is 4.79 Å². The molecule has 0 bridgehead atoms. The van der Waals surface area contributed by atoms with Crippen LogP contribution in [0.1, 0.15) is 30.9 Å². The summed E-state index contributed by atoms with van der Waals surface area (Å²) in [6.45, 7) is 5.44. The predicted octanol–water partition coefficient (Wildman–Crippen LogP) is 2.96. The van der Waals surface area contributed by atoms with Crippen molar-refractivity contribution >= 4 is 5.97 Å². The summed E-state index contributed by atoms with van der Waals surface area (Å²) < 4.78 is 13.9. The highest BCUT2D eigenvalue weighted by Gasteiger charge is 2.63. The standard InChI is InChI=1S/C13H15FO2/c1-7-5-4-6-8(11(7)14)9-10(12(15)16)13(9,2)3/h4-6,9-10H,1-3H3,(H,15,16). The van der Waals surface area contributed by atoms with E-state index in [1.54, 1.807) is 25.1 Å². The Hall–Kier alpha value is -1.38. The number of carboxylic acids is 1. The molecule has 2 nitrogen and oxygen atoms in total. The molecule has 2 unspecified atom stereocenters. The average Bonchev–Trinajstić information content (AvgIpc) is 2.74. The maximum atomic E-state index is 13.9. The highest BCUT2D eigenvalue weighted by Crippen LogP contribution is 2.64. The van der Waals surface area contributed by atoms with E-state index in [0.29, 0.717) is 11.1 Å². The van der Waals surface area contributed by atoms with Crippen LogP contribution in [0.15, 0.2) is 18.2 Å². The van der Waals surface area contributed by atoms with E-state index in [1.165, 1.54) is 0 Å². The highest BCUT2D eigenvalue weighted by atomic mass is 19.1. The number of carboxylic acid groups (broad SMARTS) is 1. The summed E-state index contributed by atoms with van der Waals surface area (Å²) in [5.41, 5.74) is 0.766. The Balaban J connectivity index is 2.41. The van der Waals surface area contributed by atoms with Crippen LogP contribution in [0.5, 0.6) is 0 Å². The number of carbonyl (C=O) groups is 1. The molecule has 1 saturated carbocycles. The Morgan fingerprint density at radius 3 is 2.56 bits per heavy atom. The summed E-state index contributed by atoms with van der Waals surface area (Å²) in [5, 5.41) is 9.06. The van der Waals surface area contributed by atoms with Gasteiger partial charge in [-0.05, 0) is 23.5 Å². The number of hydrogen-bond donors (Lipinski definition) is 1. The summed E-state index contributed by atoms with van der Waals surface area (Å²) in [4.78, 5) is 11.0. The fraction of sp³-hybridized carbons (Fsp3) is 0.462. The van der Waals surface area contributed by atoms with Crippen LogP contribution in [0.25, 0.3) is 0 Å². The molecule has 1 aromatic rings. The first-order valence-electron chi connectivity index (χ1n) is 5.35. The van der Waals surface area contributed by atoms with Crippen LogP contribution in [-0.4, -0.2) is 11.1 Å². The van der Waals surface area contributed by atoms with Crippen molar-refractivity contribution < 1.29 is 14.3 Å². The molecule has 1 N–H and O–H groups in total. The van der Waals surface area contributed by atoms with Crippen molar-refractivity contribution in [2.24, 2.45) is 11.3 Å². The summed E-state index contributed by atoms with van der Waals surface area (Å²) in [6, 6.07) is 5.17. The number of aryl methyl sites for hydroxylation is 1. The van der Waals surface area contributed by atoms with Gasteiger partial charge >= 0.3 is 5.97 Å². The minimum atomic E-state index is -0.837. The van der Waals surface area contributed by atoms with Crippen LogP contribution in [-0.2, 0) is 4.79 Å². The van der Waals surface area contributed by atoms with Gasteiger partial charge in [0.25, 0.3) is 0 Å². The van der Waals surface area contributed by atoms with E-state index >= 15 is 0 Å².